The summed E-state index contributed by atoms with van der Waals surface area (Å²) in [5.74, 6) is 1.67. The van der Waals surface area contributed by atoms with Crippen LogP contribution >= 0.6 is 34.7 Å². The predicted molar refractivity (Wildman–Crippen MR) is 86.6 cm³/mol. The Morgan fingerprint density at radius 1 is 1.29 bits per heavy atom. The van der Waals surface area contributed by atoms with Gasteiger partial charge >= 0.3 is 0 Å². The van der Waals surface area contributed by atoms with Gasteiger partial charge in [-0.15, -0.1) is 23.1 Å². The molecule has 0 spiro atoms. The van der Waals surface area contributed by atoms with Gasteiger partial charge in [0.1, 0.15) is 9.97 Å². The van der Waals surface area contributed by atoms with Crippen molar-refractivity contribution in [3.8, 4) is 0 Å². The monoisotopic (exact) mass is 363 g/mol. The molecule has 1 atom stereocenters. The molecule has 0 aromatic carbocycles. The van der Waals surface area contributed by atoms with Crippen molar-refractivity contribution in [3.63, 3.8) is 0 Å². The maximum Gasteiger partial charge on any atom is 0.252 e. The summed E-state index contributed by atoms with van der Waals surface area (Å²) in [6, 6.07) is 7.01. The van der Waals surface area contributed by atoms with Crippen LogP contribution in [0.5, 0.6) is 0 Å². The molecule has 0 bridgehead atoms. The van der Waals surface area contributed by atoms with Crippen molar-refractivity contribution >= 4 is 44.7 Å². The fourth-order valence-corrected chi connectivity index (χ4v) is 6.64. The third-order valence-corrected chi connectivity index (χ3v) is 8.19. The molecule has 4 nitrogen and oxygen atoms in total. The Kier molecular flexibility index (Phi) is 4.66. The Balaban J connectivity index is 1.75. The van der Waals surface area contributed by atoms with Crippen molar-refractivity contribution in [2.45, 2.75) is 15.9 Å². The van der Waals surface area contributed by atoms with Crippen LogP contribution in [0.4, 0.5) is 0 Å². The van der Waals surface area contributed by atoms with Gasteiger partial charge in [0.2, 0.25) is 0 Å². The minimum atomic E-state index is -3.43. The molecule has 0 aliphatic carbocycles. The van der Waals surface area contributed by atoms with E-state index in [0.29, 0.717) is 21.6 Å². The van der Waals surface area contributed by atoms with Crippen molar-refractivity contribution in [2.75, 3.05) is 18.8 Å². The van der Waals surface area contributed by atoms with E-state index >= 15 is 0 Å². The van der Waals surface area contributed by atoms with E-state index in [1.165, 1.54) is 0 Å². The van der Waals surface area contributed by atoms with Crippen molar-refractivity contribution < 1.29 is 12.8 Å². The van der Waals surface area contributed by atoms with Gasteiger partial charge in [-0.05, 0) is 30.7 Å². The minimum Gasteiger partial charge on any atom is -0.468 e. The quantitative estimate of drug-likeness (QED) is 0.830. The highest BCUT2D eigenvalue weighted by Gasteiger charge is 2.30. The van der Waals surface area contributed by atoms with Crippen LogP contribution in [0, 0.1) is 0 Å². The van der Waals surface area contributed by atoms with E-state index in [0.717, 1.165) is 29.3 Å². The average molecular weight is 364 g/mol. The molecule has 0 radical (unpaired) electrons. The molecule has 1 saturated heterocycles. The number of sulfonamides is 1. The Morgan fingerprint density at radius 3 is 2.81 bits per heavy atom. The van der Waals surface area contributed by atoms with Crippen LogP contribution in [0.2, 0.25) is 4.34 Å². The first-order valence-electron chi connectivity index (χ1n) is 6.48. The lowest BCUT2D eigenvalue weighted by Crippen LogP contribution is -2.32. The van der Waals surface area contributed by atoms with Crippen LogP contribution in [0.3, 0.4) is 0 Å². The molecule has 2 aromatic rings. The van der Waals surface area contributed by atoms with Gasteiger partial charge in [-0.3, -0.25) is 0 Å². The molecule has 3 rings (SSSR count). The lowest BCUT2D eigenvalue weighted by atomic mass is 10.2. The molecule has 1 aliphatic rings. The first-order chi connectivity index (χ1) is 10.1. The van der Waals surface area contributed by atoms with Gasteiger partial charge in [-0.1, -0.05) is 11.6 Å². The Bertz CT molecular complexity index is 696. The SMILES string of the molecule is O=S(=O)(c1ccc(Cl)s1)N1CCSC(c2ccco2)CC1. The van der Waals surface area contributed by atoms with E-state index in [4.69, 9.17) is 16.0 Å². The normalized spacial score (nSPS) is 21.3. The molecule has 0 amide bonds. The number of furan rings is 1. The molecule has 2 aromatic heterocycles. The van der Waals surface area contributed by atoms with Crippen molar-refractivity contribution in [3.05, 3.63) is 40.6 Å². The molecule has 114 valence electrons. The molecule has 1 fully saturated rings. The highest BCUT2D eigenvalue weighted by Crippen LogP contribution is 2.36. The van der Waals surface area contributed by atoms with Gasteiger partial charge in [0.25, 0.3) is 10.0 Å². The number of rotatable bonds is 3. The molecule has 3 heterocycles. The van der Waals surface area contributed by atoms with E-state index in [2.05, 4.69) is 0 Å². The van der Waals surface area contributed by atoms with Gasteiger partial charge in [0.15, 0.2) is 0 Å². The Morgan fingerprint density at radius 2 is 2.14 bits per heavy atom. The van der Waals surface area contributed by atoms with E-state index in [9.17, 15) is 8.42 Å². The summed E-state index contributed by atoms with van der Waals surface area (Å²) in [5, 5.41) is 0.215. The Labute approximate surface area is 137 Å². The number of nitrogens with zero attached hydrogens (tertiary/aromatic N) is 1. The second-order valence-corrected chi connectivity index (χ2v) is 9.82. The molecule has 0 N–H and O–H groups in total. The van der Waals surface area contributed by atoms with Crippen molar-refractivity contribution in [1.82, 2.24) is 4.31 Å². The summed E-state index contributed by atoms with van der Waals surface area (Å²) in [7, 11) is -3.43. The number of thioether (sulfide) groups is 1. The standard InChI is InChI=1S/C13H14ClNO3S3/c14-12-3-4-13(20-12)21(16,17)15-6-5-11(19-9-7-15)10-2-1-8-18-10/h1-4,8,11H,5-7,9H2. The van der Waals surface area contributed by atoms with Crippen LogP contribution in [-0.4, -0.2) is 31.6 Å². The molecule has 8 heteroatoms. The van der Waals surface area contributed by atoms with E-state index in [-0.39, 0.29) is 5.25 Å². The molecular formula is C13H14ClNO3S3. The third kappa shape index (κ3) is 3.32. The fraction of sp³-hybridized carbons (Fsp3) is 0.385. The van der Waals surface area contributed by atoms with Crippen LogP contribution < -0.4 is 0 Å². The summed E-state index contributed by atoms with van der Waals surface area (Å²) in [5.41, 5.74) is 0. The summed E-state index contributed by atoms with van der Waals surface area (Å²) in [6.07, 6.45) is 2.40. The molecule has 0 saturated carbocycles. The van der Waals surface area contributed by atoms with Crippen LogP contribution in [0.25, 0.3) is 0 Å². The molecular weight excluding hydrogens is 350 g/mol. The second kappa shape index (κ2) is 6.34. The van der Waals surface area contributed by atoms with E-state index in [1.807, 2.05) is 12.1 Å². The van der Waals surface area contributed by atoms with E-state index < -0.39 is 10.0 Å². The van der Waals surface area contributed by atoms with Crippen LogP contribution in [0.1, 0.15) is 17.4 Å². The van der Waals surface area contributed by atoms with Gasteiger partial charge in [-0.25, -0.2) is 8.42 Å². The summed E-state index contributed by atoms with van der Waals surface area (Å²) in [4.78, 5) is 0. The fourth-order valence-electron chi connectivity index (χ4n) is 2.26. The maximum atomic E-state index is 12.6. The molecule has 1 aliphatic heterocycles. The Hall–Kier alpha value is -0.470. The number of thiophene rings is 1. The van der Waals surface area contributed by atoms with Crippen molar-refractivity contribution in [2.24, 2.45) is 0 Å². The summed E-state index contributed by atoms with van der Waals surface area (Å²) < 4.78 is 33.0. The highest BCUT2D eigenvalue weighted by atomic mass is 35.5. The summed E-state index contributed by atoms with van der Waals surface area (Å²) >= 11 is 8.69. The first-order valence-corrected chi connectivity index (χ1v) is 10.2. The number of hydrogen-bond acceptors (Lipinski definition) is 5. The lowest BCUT2D eigenvalue weighted by Gasteiger charge is -2.18. The summed E-state index contributed by atoms with van der Waals surface area (Å²) in [6.45, 7) is 1.01. The zero-order valence-electron chi connectivity index (χ0n) is 11.1. The molecule has 1 unspecified atom stereocenters. The van der Waals surface area contributed by atoms with Crippen LogP contribution in [0.15, 0.2) is 39.2 Å². The lowest BCUT2D eigenvalue weighted by molar-refractivity contribution is 0.418. The number of hydrogen-bond donors (Lipinski definition) is 0. The van der Waals surface area contributed by atoms with Gasteiger partial charge in [-0.2, -0.15) is 4.31 Å². The largest absolute Gasteiger partial charge is 0.468 e. The minimum absolute atomic E-state index is 0.215. The smallest absolute Gasteiger partial charge is 0.252 e. The average Bonchev–Trinajstić information content (AvgIpc) is 3.06. The zero-order valence-corrected chi connectivity index (χ0v) is 14.3. The zero-order chi connectivity index (χ0) is 14.9. The third-order valence-electron chi connectivity index (χ3n) is 3.30. The van der Waals surface area contributed by atoms with Crippen molar-refractivity contribution in [1.29, 1.82) is 0 Å². The molecule has 21 heavy (non-hydrogen) atoms. The topological polar surface area (TPSA) is 50.5 Å². The predicted octanol–water partition coefficient (Wildman–Crippen LogP) is 3.86. The highest BCUT2D eigenvalue weighted by molar-refractivity contribution is 7.99. The maximum absolute atomic E-state index is 12.6. The van der Waals surface area contributed by atoms with Gasteiger partial charge in [0.05, 0.1) is 15.8 Å². The second-order valence-electron chi connectivity index (χ2n) is 4.63. The van der Waals surface area contributed by atoms with Crippen LogP contribution in [-0.2, 0) is 10.0 Å². The van der Waals surface area contributed by atoms with Gasteiger partial charge < -0.3 is 4.42 Å². The number of halogens is 1. The first kappa shape index (κ1) is 15.4. The van der Waals surface area contributed by atoms with E-state index in [1.54, 1.807) is 34.5 Å². The van der Waals surface area contributed by atoms with Gasteiger partial charge in [0, 0.05) is 18.8 Å².